The third kappa shape index (κ3) is 41.3. The van der Waals surface area contributed by atoms with E-state index in [1.54, 1.807) is 0 Å². The van der Waals surface area contributed by atoms with Crippen molar-refractivity contribution in [2.24, 2.45) is 0 Å². The van der Waals surface area contributed by atoms with Gasteiger partial charge in [-0.1, -0.05) is 232 Å². The zero-order chi connectivity index (χ0) is 42.4. The van der Waals surface area contributed by atoms with Crippen LogP contribution in [-0.4, -0.2) is 46.9 Å². The number of rotatable bonds is 47. The highest BCUT2D eigenvalue weighted by atomic mass is 16.5. The van der Waals surface area contributed by atoms with Gasteiger partial charge in [0.1, 0.15) is 6.10 Å². The first-order valence-corrected chi connectivity index (χ1v) is 25.9. The second kappa shape index (κ2) is 46.7. The van der Waals surface area contributed by atoms with Crippen molar-refractivity contribution < 1.29 is 24.5 Å². The zero-order valence-electron chi connectivity index (χ0n) is 39.2. The normalized spacial score (nSPS) is 13.3. The average Bonchev–Trinajstić information content (AvgIpc) is 3.22. The van der Waals surface area contributed by atoms with E-state index in [0.29, 0.717) is 19.3 Å². The number of carbonyl (C=O) groups is 2. The molecule has 0 fully saturated rings. The van der Waals surface area contributed by atoms with Crippen molar-refractivity contribution in [1.29, 1.82) is 0 Å². The second-order valence-corrected chi connectivity index (χ2v) is 17.9. The van der Waals surface area contributed by atoms with E-state index in [9.17, 15) is 19.8 Å². The molecule has 3 N–H and O–H groups in total. The summed E-state index contributed by atoms with van der Waals surface area (Å²) in [5, 5.41) is 23.7. The lowest BCUT2D eigenvalue weighted by Crippen LogP contribution is -2.46. The fourth-order valence-corrected chi connectivity index (χ4v) is 8.13. The maximum atomic E-state index is 13.2. The molecule has 0 saturated carbocycles. The molecule has 344 valence electrons. The highest BCUT2D eigenvalue weighted by Gasteiger charge is 2.24. The summed E-state index contributed by atoms with van der Waals surface area (Å²) in [7, 11) is 0. The topological polar surface area (TPSA) is 95.9 Å². The molecule has 0 aliphatic heterocycles. The largest absolute Gasteiger partial charge is 0.462 e. The lowest BCUT2D eigenvalue weighted by atomic mass is 10.0. The minimum absolute atomic E-state index is 0.0786. The Hall–Kier alpha value is -1.40. The fraction of sp³-hybridized carbons (Fsp3) is 0.923. The minimum Gasteiger partial charge on any atom is -0.462 e. The summed E-state index contributed by atoms with van der Waals surface area (Å²) in [5.41, 5.74) is 0. The van der Waals surface area contributed by atoms with E-state index in [0.717, 1.165) is 57.8 Å². The predicted octanol–water partition coefficient (Wildman–Crippen LogP) is 15.3. The van der Waals surface area contributed by atoms with Crippen molar-refractivity contribution in [3.8, 4) is 0 Å². The Labute approximate surface area is 361 Å². The van der Waals surface area contributed by atoms with Gasteiger partial charge in [-0.2, -0.15) is 0 Å². The summed E-state index contributed by atoms with van der Waals surface area (Å²) in [6, 6.07) is -0.696. The van der Waals surface area contributed by atoms with Crippen LogP contribution in [0.1, 0.15) is 284 Å². The molecule has 6 nitrogen and oxygen atoms in total. The van der Waals surface area contributed by atoms with Crippen LogP contribution in [0.2, 0.25) is 0 Å². The van der Waals surface area contributed by atoms with Crippen molar-refractivity contribution in [1.82, 2.24) is 5.32 Å². The number of esters is 1. The van der Waals surface area contributed by atoms with E-state index in [4.69, 9.17) is 4.74 Å². The van der Waals surface area contributed by atoms with E-state index in [2.05, 4.69) is 38.2 Å². The third-order valence-electron chi connectivity index (χ3n) is 12.1. The van der Waals surface area contributed by atoms with Crippen LogP contribution in [0.25, 0.3) is 0 Å². The van der Waals surface area contributed by atoms with E-state index in [1.807, 2.05) is 0 Å². The summed E-state index contributed by atoms with van der Waals surface area (Å²) >= 11 is 0. The van der Waals surface area contributed by atoms with Crippen LogP contribution >= 0.6 is 0 Å². The lowest BCUT2D eigenvalue weighted by Gasteiger charge is -2.24. The van der Waals surface area contributed by atoms with Gasteiger partial charge in [0, 0.05) is 6.42 Å². The van der Waals surface area contributed by atoms with E-state index < -0.39 is 18.2 Å². The first kappa shape index (κ1) is 56.6. The van der Waals surface area contributed by atoms with Gasteiger partial charge in [-0.25, -0.2) is 0 Å². The Morgan fingerprint density at radius 3 is 1.22 bits per heavy atom. The van der Waals surface area contributed by atoms with Gasteiger partial charge >= 0.3 is 5.97 Å². The van der Waals surface area contributed by atoms with Crippen molar-refractivity contribution in [2.75, 3.05) is 6.61 Å². The third-order valence-corrected chi connectivity index (χ3v) is 12.1. The number of allylic oxidation sites excluding steroid dienone is 2. The molecule has 0 aromatic heterocycles. The summed E-state index contributed by atoms with van der Waals surface area (Å²) < 4.78 is 5.93. The van der Waals surface area contributed by atoms with Crippen LogP contribution in [0, 0.1) is 0 Å². The molecule has 0 spiro atoms. The lowest BCUT2D eigenvalue weighted by molar-refractivity contribution is -0.151. The van der Waals surface area contributed by atoms with E-state index in [-0.39, 0.29) is 24.9 Å². The van der Waals surface area contributed by atoms with Crippen molar-refractivity contribution in [3.63, 3.8) is 0 Å². The molecule has 3 atom stereocenters. The van der Waals surface area contributed by atoms with Gasteiger partial charge < -0.3 is 20.3 Å². The Bertz CT molecular complexity index is 878. The molecule has 0 heterocycles. The molecule has 3 unspecified atom stereocenters. The molecule has 0 aliphatic carbocycles. The molecule has 0 aromatic rings. The molecule has 1 amide bonds. The summed E-state index contributed by atoms with van der Waals surface area (Å²) in [5.74, 6) is -0.477. The number of nitrogens with one attached hydrogen (secondary N) is 1. The number of hydrogen-bond donors (Lipinski definition) is 3. The van der Waals surface area contributed by atoms with Gasteiger partial charge in [0.05, 0.1) is 25.2 Å². The molecule has 0 aliphatic rings. The van der Waals surface area contributed by atoms with Gasteiger partial charge in [-0.3, -0.25) is 9.59 Å². The van der Waals surface area contributed by atoms with Gasteiger partial charge in [-0.05, 0) is 51.4 Å². The predicted molar refractivity (Wildman–Crippen MR) is 250 cm³/mol. The SMILES string of the molecule is CCCCCCCC/C=C\CCCCCC(=O)OC(CCCCCCCCCCCCCCCCCCC)CC(=O)NC(CO)C(O)CCCCCCCCCCC. The molecule has 0 bridgehead atoms. The number of ether oxygens (including phenoxy) is 1. The molecular formula is C52H101NO5. The fourth-order valence-electron chi connectivity index (χ4n) is 8.13. The summed E-state index contributed by atoms with van der Waals surface area (Å²) in [6.45, 7) is 6.48. The minimum atomic E-state index is -0.782. The van der Waals surface area contributed by atoms with Crippen LogP contribution in [0.3, 0.4) is 0 Å². The maximum absolute atomic E-state index is 13.2. The monoisotopic (exact) mass is 820 g/mol. The maximum Gasteiger partial charge on any atom is 0.306 e. The number of aliphatic hydroxyl groups excluding tert-OH is 2. The molecule has 6 heteroatoms. The average molecular weight is 820 g/mol. The quantitative estimate of drug-likeness (QED) is 0.0323. The van der Waals surface area contributed by atoms with Crippen LogP contribution in [0.15, 0.2) is 12.2 Å². The highest BCUT2D eigenvalue weighted by molar-refractivity contribution is 5.77. The number of amides is 1. The highest BCUT2D eigenvalue weighted by Crippen LogP contribution is 2.18. The smallest absolute Gasteiger partial charge is 0.306 e. The van der Waals surface area contributed by atoms with E-state index in [1.165, 1.54) is 180 Å². The van der Waals surface area contributed by atoms with E-state index >= 15 is 0 Å². The molecule has 0 aromatic carbocycles. The Kier molecular flexibility index (Phi) is 45.5. The van der Waals surface area contributed by atoms with Gasteiger partial charge in [0.2, 0.25) is 5.91 Å². The van der Waals surface area contributed by atoms with Crippen molar-refractivity contribution in [2.45, 2.75) is 302 Å². The number of unbranched alkanes of at least 4 members (excludes halogenated alkanes) is 33. The Balaban J connectivity index is 4.54. The first-order chi connectivity index (χ1) is 28.5. The number of hydrogen-bond acceptors (Lipinski definition) is 5. The second-order valence-electron chi connectivity index (χ2n) is 17.9. The van der Waals surface area contributed by atoms with Crippen LogP contribution < -0.4 is 5.32 Å². The van der Waals surface area contributed by atoms with Crippen LogP contribution in [0.5, 0.6) is 0 Å². The van der Waals surface area contributed by atoms with Gasteiger partial charge in [0.25, 0.3) is 0 Å². The van der Waals surface area contributed by atoms with Crippen LogP contribution in [-0.2, 0) is 14.3 Å². The van der Waals surface area contributed by atoms with Crippen molar-refractivity contribution in [3.05, 3.63) is 12.2 Å². The van der Waals surface area contributed by atoms with Gasteiger partial charge in [-0.15, -0.1) is 0 Å². The zero-order valence-corrected chi connectivity index (χ0v) is 39.2. The number of carbonyl (C=O) groups excluding carboxylic acids is 2. The summed E-state index contributed by atoms with van der Waals surface area (Å²) in [6.07, 6.45) is 51.3. The van der Waals surface area contributed by atoms with Crippen LogP contribution in [0.4, 0.5) is 0 Å². The molecule has 0 rings (SSSR count). The summed E-state index contributed by atoms with van der Waals surface area (Å²) in [4.78, 5) is 26.1. The molecular weight excluding hydrogens is 719 g/mol. The Morgan fingerprint density at radius 2 is 0.828 bits per heavy atom. The molecule has 58 heavy (non-hydrogen) atoms. The molecule has 0 saturated heterocycles. The standard InChI is InChI=1S/C52H101NO5/c1-4-7-10-13-16-19-21-23-24-25-26-28-29-32-34-37-40-43-48(58-52(57)45-42-39-36-33-30-27-22-20-17-14-11-8-5-2)46-51(56)53-49(47-54)50(55)44-41-38-35-31-18-15-12-9-6-3/h27,30,48-50,54-55H,4-26,28-29,31-47H2,1-3H3,(H,53,56)/b30-27-. The van der Waals surface area contributed by atoms with Crippen molar-refractivity contribution >= 4 is 11.9 Å². The number of aliphatic hydroxyl groups is 2. The van der Waals surface area contributed by atoms with Gasteiger partial charge in [0.15, 0.2) is 0 Å². The first-order valence-electron chi connectivity index (χ1n) is 25.9. The Morgan fingerprint density at radius 1 is 0.483 bits per heavy atom. The molecule has 0 radical (unpaired) electrons.